The molecule has 100 valence electrons. The van der Waals surface area contributed by atoms with Crippen molar-refractivity contribution in [3.63, 3.8) is 0 Å². The summed E-state index contributed by atoms with van der Waals surface area (Å²) in [5.74, 6) is 0.243. The van der Waals surface area contributed by atoms with E-state index in [0.717, 1.165) is 11.1 Å². The van der Waals surface area contributed by atoms with Gasteiger partial charge in [0.25, 0.3) is 0 Å². The number of ether oxygens (including phenoxy) is 1. The van der Waals surface area contributed by atoms with Crippen molar-refractivity contribution in [2.45, 2.75) is 26.8 Å². The van der Waals surface area contributed by atoms with E-state index >= 15 is 0 Å². The number of benzene rings is 1. The van der Waals surface area contributed by atoms with Crippen molar-refractivity contribution in [2.75, 3.05) is 6.61 Å². The predicted molar refractivity (Wildman–Crippen MR) is 71.1 cm³/mol. The maximum atomic E-state index is 11.3. The third-order valence-electron chi connectivity index (χ3n) is 3.20. The Morgan fingerprint density at radius 3 is 2.78 bits per heavy atom. The van der Waals surface area contributed by atoms with Gasteiger partial charge < -0.3 is 15.2 Å². The summed E-state index contributed by atoms with van der Waals surface area (Å²) < 4.78 is 4.98. The standard InChI is InChI=1S/C13H17NO3.ClH/c1-8-5-4-6-9(10(8)15)11-13(2,3)7-17-12(16)14-11;/h4-6,11,15H,7H2,1-3H3,(H,14,16);1H/t11-;/m1./s1. The largest absolute Gasteiger partial charge is 0.507 e. The number of hydrogen-bond acceptors (Lipinski definition) is 3. The topological polar surface area (TPSA) is 58.6 Å². The van der Waals surface area contributed by atoms with E-state index in [9.17, 15) is 9.90 Å². The molecule has 0 aliphatic carbocycles. The molecule has 0 spiro atoms. The average molecular weight is 272 g/mol. The number of phenols is 1. The zero-order valence-corrected chi connectivity index (χ0v) is 11.5. The Balaban J connectivity index is 0.00000162. The molecule has 1 fully saturated rings. The Morgan fingerprint density at radius 2 is 2.11 bits per heavy atom. The van der Waals surface area contributed by atoms with Crippen LogP contribution in [-0.4, -0.2) is 17.8 Å². The van der Waals surface area contributed by atoms with Crippen molar-refractivity contribution >= 4 is 18.5 Å². The Morgan fingerprint density at radius 1 is 1.44 bits per heavy atom. The molecule has 2 N–H and O–H groups in total. The van der Waals surface area contributed by atoms with Gasteiger partial charge in [-0.2, -0.15) is 0 Å². The van der Waals surface area contributed by atoms with Gasteiger partial charge in [-0.1, -0.05) is 32.0 Å². The fourth-order valence-electron chi connectivity index (χ4n) is 2.10. The molecule has 1 amide bonds. The SMILES string of the molecule is Cc1cccc([C@H]2NC(=O)OCC2(C)C)c1O.Cl. The number of rotatable bonds is 1. The molecule has 0 radical (unpaired) electrons. The fraction of sp³-hybridized carbons (Fsp3) is 0.462. The van der Waals surface area contributed by atoms with E-state index in [1.54, 1.807) is 0 Å². The predicted octanol–water partition coefficient (Wildman–Crippen LogP) is 2.93. The number of alkyl carbamates (subject to hydrolysis) is 1. The lowest BCUT2D eigenvalue weighted by Gasteiger charge is -2.38. The van der Waals surface area contributed by atoms with Crippen molar-refractivity contribution in [3.05, 3.63) is 29.3 Å². The summed E-state index contributed by atoms with van der Waals surface area (Å²) in [6.07, 6.45) is -0.435. The number of phenolic OH excluding ortho intramolecular Hbond substituents is 1. The van der Waals surface area contributed by atoms with E-state index in [4.69, 9.17) is 4.74 Å². The van der Waals surface area contributed by atoms with Crippen LogP contribution in [-0.2, 0) is 4.74 Å². The molecular weight excluding hydrogens is 254 g/mol. The second-order valence-electron chi connectivity index (χ2n) is 5.15. The Labute approximate surface area is 113 Å². The highest BCUT2D eigenvalue weighted by molar-refractivity contribution is 5.85. The van der Waals surface area contributed by atoms with Crippen LogP contribution in [0.5, 0.6) is 5.75 Å². The molecule has 4 nitrogen and oxygen atoms in total. The van der Waals surface area contributed by atoms with Gasteiger partial charge in [0, 0.05) is 11.0 Å². The van der Waals surface area contributed by atoms with Crippen LogP contribution >= 0.6 is 12.4 Å². The molecule has 1 atom stereocenters. The van der Waals surface area contributed by atoms with E-state index in [-0.39, 0.29) is 29.6 Å². The zero-order chi connectivity index (χ0) is 12.6. The molecule has 0 bridgehead atoms. The highest BCUT2D eigenvalue weighted by Crippen LogP contribution is 2.40. The van der Waals surface area contributed by atoms with E-state index in [0.29, 0.717) is 6.61 Å². The first-order chi connectivity index (χ1) is 7.92. The highest BCUT2D eigenvalue weighted by atomic mass is 35.5. The molecule has 1 aliphatic heterocycles. The van der Waals surface area contributed by atoms with E-state index in [1.807, 2.05) is 39.0 Å². The van der Waals surface area contributed by atoms with Crippen molar-refractivity contribution < 1.29 is 14.6 Å². The van der Waals surface area contributed by atoms with Crippen LogP contribution in [0.1, 0.15) is 31.0 Å². The summed E-state index contributed by atoms with van der Waals surface area (Å²) in [5.41, 5.74) is 1.30. The van der Waals surface area contributed by atoms with Crippen molar-refractivity contribution in [2.24, 2.45) is 5.41 Å². The second kappa shape index (κ2) is 5.06. The molecule has 0 saturated carbocycles. The summed E-state index contributed by atoms with van der Waals surface area (Å²) in [5, 5.41) is 12.8. The molecule has 2 rings (SSSR count). The maximum absolute atomic E-state index is 11.3. The minimum Gasteiger partial charge on any atom is -0.507 e. The van der Waals surface area contributed by atoms with Gasteiger partial charge in [0.2, 0.25) is 0 Å². The fourth-order valence-corrected chi connectivity index (χ4v) is 2.10. The number of hydrogen-bond donors (Lipinski definition) is 2. The number of amides is 1. The molecule has 18 heavy (non-hydrogen) atoms. The molecule has 1 aromatic rings. The van der Waals surface area contributed by atoms with Gasteiger partial charge in [0.15, 0.2) is 0 Å². The molecular formula is C13H18ClNO3. The first-order valence-electron chi connectivity index (χ1n) is 5.63. The Bertz CT molecular complexity index is 460. The minimum atomic E-state index is -0.435. The third-order valence-corrected chi connectivity index (χ3v) is 3.20. The number of aromatic hydroxyl groups is 1. The summed E-state index contributed by atoms with van der Waals surface area (Å²) in [6, 6.07) is 5.32. The molecule has 1 saturated heterocycles. The maximum Gasteiger partial charge on any atom is 0.407 e. The van der Waals surface area contributed by atoms with E-state index < -0.39 is 6.09 Å². The monoisotopic (exact) mass is 271 g/mol. The van der Waals surface area contributed by atoms with E-state index in [2.05, 4.69) is 5.32 Å². The molecule has 5 heteroatoms. The van der Waals surface area contributed by atoms with Gasteiger partial charge >= 0.3 is 6.09 Å². The summed E-state index contributed by atoms with van der Waals surface area (Å²) in [6.45, 7) is 6.18. The van der Waals surface area contributed by atoms with Crippen LogP contribution < -0.4 is 5.32 Å². The van der Waals surface area contributed by atoms with Crippen LogP contribution in [0.3, 0.4) is 0 Å². The number of cyclic esters (lactones) is 1. The third kappa shape index (κ3) is 2.53. The first kappa shape index (κ1) is 14.6. The zero-order valence-electron chi connectivity index (χ0n) is 10.7. The van der Waals surface area contributed by atoms with E-state index in [1.165, 1.54) is 0 Å². The molecule has 1 aliphatic rings. The second-order valence-corrected chi connectivity index (χ2v) is 5.15. The molecule has 1 heterocycles. The normalized spacial score (nSPS) is 21.5. The Kier molecular flexibility index (Phi) is 4.12. The van der Waals surface area contributed by atoms with Gasteiger partial charge in [0.05, 0.1) is 6.04 Å². The lowest BCUT2D eigenvalue weighted by Crippen LogP contribution is -2.46. The molecule has 0 aromatic heterocycles. The van der Waals surface area contributed by atoms with Gasteiger partial charge in [-0.3, -0.25) is 0 Å². The lowest BCUT2D eigenvalue weighted by atomic mass is 9.79. The Hall–Kier alpha value is -1.42. The first-order valence-corrected chi connectivity index (χ1v) is 5.63. The number of carbonyl (C=O) groups excluding carboxylic acids is 1. The number of para-hydroxylation sites is 1. The van der Waals surface area contributed by atoms with Crippen LogP contribution in [0.2, 0.25) is 0 Å². The van der Waals surface area contributed by atoms with Gasteiger partial charge in [-0.05, 0) is 12.5 Å². The van der Waals surface area contributed by atoms with Crippen molar-refractivity contribution in [1.29, 1.82) is 0 Å². The number of carbonyl (C=O) groups is 1. The van der Waals surface area contributed by atoms with Crippen LogP contribution in [0.25, 0.3) is 0 Å². The highest BCUT2D eigenvalue weighted by Gasteiger charge is 2.39. The number of aryl methyl sites for hydroxylation is 1. The smallest absolute Gasteiger partial charge is 0.407 e. The van der Waals surface area contributed by atoms with Gasteiger partial charge in [-0.25, -0.2) is 4.79 Å². The number of nitrogens with one attached hydrogen (secondary N) is 1. The van der Waals surface area contributed by atoms with Gasteiger partial charge in [0.1, 0.15) is 12.4 Å². The number of halogens is 1. The van der Waals surface area contributed by atoms with Crippen molar-refractivity contribution in [1.82, 2.24) is 5.32 Å². The quantitative estimate of drug-likeness (QED) is 0.826. The lowest BCUT2D eigenvalue weighted by molar-refractivity contribution is 0.0381. The van der Waals surface area contributed by atoms with Crippen LogP contribution in [0.15, 0.2) is 18.2 Å². The summed E-state index contributed by atoms with van der Waals surface area (Å²) >= 11 is 0. The summed E-state index contributed by atoms with van der Waals surface area (Å²) in [7, 11) is 0. The molecule has 1 aromatic carbocycles. The van der Waals surface area contributed by atoms with Gasteiger partial charge in [-0.15, -0.1) is 12.4 Å². The van der Waals surface area contributed by atoms with Crippen molar-refractivity contribution in [3.8, 4) is 5.75 Å². The van der Waals surface area contributed by atoms with Crippen LogP contribution in [0.4, 0.5) is 4.79 Å². The summed E-state index contributed by atoms with van der Waals surface area (Å²) in [4.78, 5) is 11.3. The average Bonchev–Trinajstić information content (AvgIpc) is 2.26. The van der Waals surface area contributed by atoms with Crippen LogP contribution in [0, 0.1) is 12.3 Å². The minimum absolute atomic E-state index is 0. The molecule has 0 unspecified atom stereocenters.